The molecule has 0 atom stereocenters. The summed E-state index contributed by atoms with van der Waals surface area (Å²) in [4.78, 5) is 11.4. The molecule has 1 amide bonds. The van der Waals surface area contributed by atoms with Crippen LogP contribution in [0.4, 0.5) is 0 Å². The van der Waals surface area contributed by atoms with E-state index in [1.165, 1.54) is 0 Å². The molecular weight excluding hydrogens is 375 g/mol. The molecule has 136 valence electrons. The smallest absolute Gasteiger partial charge is 0.234 e. The standard InChI is InChI=1S/C19H18Cl2N2O3/c1-2-25-17-10-14(11-23-18(24)7-8-22)9-16(21)19(17)26-12-13-3-5-15(20)6-4-13/h3-6,9-10H,2,7,11-12H2,1H3,(H,23,24). The minimum atomic E-state index is -0.343. The van der Waals surface area contributed by atoms with Crippen LogP contribution in [0.25, 0.3) is 0 Å². The van der Waals surface area contributed by atoms with Gasteiger partial charge in [0.05, 0.1) is 17.7 Å². The third-order valence-corrected chi connectivity index (χ3v) is 3.93. The monoisotopic (exact) mass is 392 g/mol. The first-order valence-corrected chi connectivity index (χ1v) is 8.75. The number of amides is 1. The van der Waals surface area contributed by atoms with E-state index in [9.17, 15) is 4.79 Å². The Morgan fingerprint density at radius 3 is 2.54 bits per heavy atom. The van der Waals surface area contributed by atoms with Crippen LogP contribution in [0.3, 0.4) is 0 Å². The van der Waals surface area contributed by atoms with Gasteiger partial charge in [0.2, 0.25) is 5.91 Å². The Kier molecular flexibility index (Phi) is 7.58. The van der Waals surface area contributed by atoms with Crippen molar-refractivity contribution in [1.29, 1.82) is 5.26 Å². The van der Waals surface area contributed by atoms with Crippen LogP contribution in [0.5, 0.6) is 11.5 Å². The Labute approximate surface area is 162 Å². The molecule has 7 heteroatoms. The number of ether oxygens (including phenoxy) is 2. The van der Waals surface area contributed by atoms with E-state index < -0.39 is 0 Å². The Bertz CT molecular complexity index is 802. The molecule has 0 bridgehead atoms. The van der Waals surface area contributed by atoms with Crippen molar-refractivity contribution in [3.63, 3.8) is 0 Å². The Morgan fingerprint density at radius 1 is 1.15 bits per heavy atom. The lowest BCUT2D eigenvalue weighted by Crippen LogP contribution is -2.21. The maximum Gasteiger partial charge on any atom is 0.234 e. The largest absolute Gasteiger partial charge is 0.490 e. The molecule has 0 aliphatic carbocycles. The van der Waals surface area contributed by atoms with Gasteiger partial charge in [-0.15, -0.1) is 0 Å². The highest BCUT2D eigenvalue weighted by molar-refractivity contribution is 6.32. The Balaban J connectivity index is 2.13. The van der Waals surface area contributed by atoms with Crippen LogP contribution in [0.2, 0.25) is 10.0 Å². The van der Waals surface area contributed by atoms with E-state index in [1.807, 2.05) is 19.1 Å². The normalized spacial score (nSPS) is 10.1. The molecule has 0 radical (unpaired) electrons. The lowest BCUT2D eigenvalue weighted by atomic mass is 10.2. The molecule has 1 N–H and O–H groups in total. The summed E-state index contributed by atoms with van der Waals surface area (Å²) in [6.07, 6.45) is -0.186. The fraction of sp³-hybridized carbons (Fsp3) is 0.263. The number of carbonyl (C=O) groups is 1. The minimum Gasteiger partial charge on any atom is -0.490 e. The van der Waals surface area contributed by atoms with E-state index in [-0.39, 0.29) is 18.9 Å². The molecule has 5 nitrogen and oxygen atoms in total. The number of nitriles is 1. The van der Waals surface area contributed by atoms with Gasteiger partial charge in [-0.05, 0) is 42.3 Å². The van der Waals surface area contributed by atoms with Gasteiger partial charge in [0.25, 0.3) is 0 Å². The first-order chi connectivity index (χ1) is 12.5. The van der Waals surface area contributed by atoms with Crippen molar-refractivity contribution in [2.75, 3.05) is 6.61 Å². The maximum atomic E-state index is 11.4. The lowest BCUT2D eigenvalue weighted by molar-refractivity contribution is -0.120. The zero-order chi connectivity index (χ0) is 18.9. The molecule has 0 saturated carbocycles. The van der Waals surface area contributed by atoms with Crippen molar-refractivity contribution < 1.29 is 14.3 Å². The van der Waals surface area contributed by atoms with Gasteiger partial charge in [-0.2, -0.15) is 5.26 Å². The first-order valence-electron chi connectivity index (χ1n) is 7.99. The summed E-state index contributed by atoms with van der Waals surface area (Å²) < 4.78 is 11.5. The van der Waals surface area contributed by atoms with E-state index in [2.05, 4.69) is 5.32 Å². The number of benzene rings is 2. The van der Waals surface area contributed by atoms with Gasteiger partial charge in [0.1, 0.15) is 13.0 Å². The summed E-state index contributed by atoms with van der Waals surface area (Å²) in [5.41, 5.74) is 1.70. The molecule has 0 aliphatic heterocycles. The topological polar surface area (TPSA) is 71.3 Å². The number of nitrogens with zero attached hydrogens (tertiary/aromatic N) is 1. The number of carbonyl (C=O) groups excluding carboxylic acids is 1. The van der Waals surface area contributed by atoms with Crippen molar-refractivity contribution >= 4 is 29.1 Å². The van der Waals surface area contributed by atoms with Crippen LogP contribution in [0, 0.1) is 11.3 Å². The van der Waals surface area contributed by atoms with Crippen molar-refractivity contribution in [3.05, 3.63) is 57.6 Å². The quantitative estimate of drug-likeness (QED) is 0.717. The lowest BCUT2D eigenvalue weighted by Gasteiger charge is -2.15. The highest BCUT2D eigenvalue weighted by Gasteiger charge is 2.13. The maximum absolute atomic E-state index is 11.4. The molecule has 0 spiro atoms. The predicted octanol–water partition coefficient (Wildman–Crippen LogP) is 4.50. The van der Waals surface area contributed by atoms with E-state index in [0.29, 0.717) is 34.8 Å². The highest BCUT2D eigenvalue weighted by atomic mass is 35.5. The number of nitrogens with one attached hydrogen (secondary N) is 1. The molecule has 26 heavy (non-hydrogen) atoms. The molecule has 0 unspecified atom stereocenters. The minimum absolute atomic E-state index is 0.186. The molecule has 0 aromatic heterocycles. The van der Waals surface area contributed by atoms with Crippen LogP contribution in [0.15, 0.2) is 36.4 Å². The van der Waals surface area contributed by atoms with E-state index >= 15 is 0 Å². The van der Waals surface area contributed by atoms with Crippen LogP contribution >= 0.6 is 23.2 Å². The molecular formula is C19H18Cl2N2O3. The third kappa shape index (κ3) is 5.83. The zero-order valence-electron chi connectivity index (χ0n) is 14.2. The molecule has 0 saturated heterocycles. The van der Waals surface area contributed by atoms with Crippen LogP contribution in [-0.2, 0) is 17.9 Å². The average Bonchev–Trinajstić information content (AvgIpc) is 2.61. The molecule has 2 rings (SSSR count). The molecule has 0 fully saturated rings. The van der Waals surface area contributed by atoms with Crippen LogP contribution in [0.1, 0.15) is 24.5 Å². The second-order valence-corrected chi connectivity index (χ2v) is 6.21. The first kappa shape index (κ1) is 19.9. The zero-order valence-corrected chi connectivity index (χ0v) is 15.7. The summed E-state index contributed by atoms with van der Waals surface area (Å²) in [5, 5.41) is 12.2. The van der Waals surface area contributed by atoms with Crippen molar-refractivity contribution in [2.24, 2.45) is 0 Å². The molecule has 2 aromatic rings. The fourth-order valence-electron chi connectivity index (χ4n) is 2.20. The predicted molar refractivity (Wildman–Crippen MR) is 100 cm³/mol. The van der Waals surface area contributed by atoms with Crippen LogP contribution in [-0.4, -0.2) is 12.5 Å². The molecule has 0 aliphatic rings. The summed E-state index contributed by atoms with van der Waals surface area (Å²) >= 11 is 12.2. The Hall–Kier alpha value is -2.42. The van der Waals surface area contributed by atoms with E-state index in [4.69, 9.17) is 37.9 Å². The number of hydrogen-bond donors (Lipinski definition) is 1. The fourth-order valence-corrected chi connectivity index (χ4v) is 2.61. The van der Waals surface area contributed by atoms with Gasteiger partial charge < -0.3 is 14.8 Å². The van der Waals surface area contributed by atoms with Gasteiger partial charge >= 0.3 is 0 Å². The summed E-state index contributed by atoms with van der Waals surface area (Å²) in [5.74, 6) is 0.596. The number of rotatable bonds is 8. The second-order valence-electron chi connectivity index (χ2n) is 5.36. The number of halogens is 2. The van der Waals surface area contributed by atoms with Crippen molar-refractivity contribution in [1.82, 2.24) is 5.32 Å². The average molecular weight is 393 g/mol. The van der Waals surface area contributed by atoms with Crippen molar-refractivity contribution in [2.45, 2.75) is 26.5 Å². The van der Waals surface area contributed by atoms with Gasteiger partial charge in [0, 0.05) is 11.6 Å². The molecule has 0 heterocycles. The van der Waals surface area contributed by atoms with Crippen molar-refractivity contribution in [3.8, 4) is 17.6 Å². The van der Waals surface area contributed by atoms with E-state index in [0.717, 1.165) is 11.1 Å². The van der Waals surface area contributed by atoms with Crippen LogP contribution < -0.4 is 14.8 Å². The van der Waals surface area contributed by atoms with Gasteiger partial charge in [0.15, 0.2) is 11.5 Å². The third-order valence-electron chi connectivity index (χ3n) is 3.39. The van der Waals surface area contributed by atoms with E-state index in [1.54, 1.807) is 30.3 Å². The summed E-state index contributed by atoms with van der Waals surface area (Å²) in [6, 6.07) is 12.6. The SMILES string of the molecule is CCOc1cc(CNC(=O)CC#N)cc(Cl)c1OCc1ccc(Cl)cc1. The molecule has 2 aromatic carbocycles. The Morgan fingerprint density at radius 2 is 1.88 bits per heavy atom. The summed E-state index contributed by atoms with van der Waals surface area (Å²) in [7, 11) is 0. The summed E-state index contributed by atoms with van der Waals surface area (Å²) in [6.45, 7) is 2.86. The number of hydrogen-bond acceptors (Lipinski definition) is 4. The second kappa shape index (κ2) is 9.91. The van der Waals surface area contributed by atoms with Gasteiger partial charge in [-0.3, -0.25) is 4.79 Å². The highest BCUT2D eigenvalue weighted by Crippen LogP contribution is 2.37. The van der Waals surface area contributed by atoms with Gasteiger partial charge in [-0.1, -0.05) is 35.3 Å². The van der Waals surface area contributed by atoms with Gasteiger partial charge in [-0.25, -0.2) is 0 Å².